The molecular formula is C55H66N2O10. The smallest absolute Gasteiger partial charge is 0.339 e. The first-order chi connectivity index (χ1) is 32.3. The van der Waals surface area contributed by atoms with Gasteiger partial charge in [-0.15, -0.1) is 0 Å². The Morgan fingerprint density at radius 2 is 1.85 bits per heavy atom. The van der Waals surface area contributed by atoms with E-state index in [0.29, 0.717) is 49.3 Å². The van der Waals surface area contributed by atoms with Crippen molar-refractivity contribution in [3.63, 3.8) is 0 Å². The summed E-state index contributed by atoms with van der Waals surface area (Å²) in [6.07, 6.45) is 11.3. The van der Waals surface area contributed by atoms with Gasteiger partial charge in [0.25, 0.3) is 0 Å². The summed E-state index contributed by atoms with van der Waals surface area (Å²) in [6, 6.07) is 13.0. The van der Waals surface area contributed by atoms with Gasteiger partial charge < -0.3 is 38.5 Å². The molecular weight excluding hydrogens is 849 g/mol. The number of hydrogen-bond donors (Lipinski definition) is 3. The topological polar surface area (TPSA) is 160 Å². The van der Waals surface area contributed by atoms with Crippen LogP contribution in [-0.2, 0) is 51.8 Å². The van der Waals surface area contributed by atoms with Crippen LogP contribution in [0.5, 0.6) is 0 Å². The van der Waals surface area contributed by atoms with Crippen LogP contribution >= 0.6 is 0 Å². The van der Waals surface area contributed by atoms with Crippen LogP contribution in [0.3, 0.4) is 0 Å². The highest BCUT2D eigenvalue weighted by Gasteiger charge is 2.95. The van der Waals surface area contributed by atoms with Crippen molar-refractivity contribution in [2.75, 3.05) is 26.4 Å². The van der Waals surface area contributed by atoms with Crippen LogP contribution in [-0.4, -0.2) is 94.8 Å². The standard InChI is InChI=1S/C55H66N2O10/c1-50(2)46-45(60)47(61)54-39-23-32(22-31-8-5-4-6-9-31)11-12-33(39)10-7-18-53(38-17-21-63-41(38)25-36(28-58)34-13-14-37-35(24-34)16-20-57-30-56-27-40(37)57)51(3,55(54)48(66-55)49(62)67-53)19-15-42(54)52(46)29-64-44(59)26-43(52)65-50/h4-6,8-9,16-17,20-21,32-37,39-40,42-43,46-48,56,58,61H,11-15,18-19,22-30H2,1-3H3. The molecule has 18 atom stereocenters. The summed E-state index contributed by atoms with van der Waals surface area (Å²) >= 11 is 0. The van der Waals surface area contributed by atoms with Crippen LogP contribution < -0.4 is 5.32 Å². The van der Waals surface area contributed by atoms with Gasteiger partial charge >= 0.3 is 11.9 Å². The number of rotatable bonds is 7. The number of carbonyl (C=O) groups excluding carboxylic acids is 3. The summed E-state index contributed by atoms with van der Waals surface area (Å²) in [5.74, 6) is 6.69. The zero-order valence-electron chi connectivity index (χ0n) is 39.1. The minimum Gasteiger partial charge on any atom is -0.469 e. The molecule has 9 fully saturated rings. The highest BCUT2D eigenvalue weighted by Crippen LogP contribution is 2.84. The monoisotopic (exact) mass is 914 g/mol. The van der Waals surface area contributed by atoms with Gasteiger partial charge in [0.1, 0.15) is 24.1 Å². The molecule has 12 nitrogen and oxygen atoms in total. The van der Waals surface area contributed by atoms with Gasteiger partial charge in [0.2, 0.25) is 0 Å². The number of fused-ring (bicyclic) bond motifs is 4. The Morgan fingerprint density at radius 3 is 2.69 bits per heavy atom. The molecule has 11 aliphatic rings. The molecule has 1 aromatic carbocycles. The van der Waals surface area contributed by atoms with Crippen LogP contribution in [0.25, 0.3) is 0 Å². The number of ether oxygens (including phenoxy) is 4. The van der Waals surface area contributed by atoms with Crippen molar-refractivity contribution in [2.45, 2.75) is 139 Å². The van der Waals surface area contributed by atoms with E-state index < -0.39 is 69.2 Å². The second kappa shape index (κ2) is 14.8. The maximum Gasteiger partial charge on any atom is 0.339 e. The highest BCUT2D eigenvalue weighted by atomic mass is 16.7. The third-order valence-corrected chi connectivity index (χ3v) is 20.9. The normalized spacial score (nSPS) is 47.6. The molecule has 4 saturated carbocycles. The maximum atomic E-state index is 15.8. The average Bonchev–Trinajstić information content (AvgIpc) is 3.55. The van der Waals surface area contributed by atoms with Gasteiger partial charge in [-0.3, -0.25) is 14.9 Å². The van der Waals surface area contributed by atoms with E-state index in [9.17, 15) is 15.0 Å². The van der Waals surface area contributed by atoms with E-state index in [4.69, 9.17) is 23.4 Å². The van der Waals surface area contributed by atoms with Gasteiger partial charge in [0.15, 0.2) is 17.5 Å². The Bertz CT molecular complexity index is 2480. The summed E-state index contributed by atoms with van der Waals surface area (Å²) in [7, 11) is 0. The number of aliphatic hydroxyl groups excluding tert-OH is 2. The van der Waals surface area contributed by atoms with Gasteiger partial charge in [-0.2, -0.15) is 0 Å². The Morgan fingerprint density at radius 1 is 1.00 bits per heavy atom. The zero-order valence-corrected chi connectivity index (χ0v) is 39.1. The van der Waals surface area contributed by atoms with E-state index in [1.54, 1.807) is 6.26 Å². The molecule has 4 bridgehead atoms. The Kier molecular flexibility index (Phi) is 9.49. The summed E-state index contributed by atoms with van der Waals surface area (Å²) < 4.78 is 33.8. The maximum absolute atomic E-state index is 15.8. The molecule has 12 heteroatoms. The molecule has 3 N–H and O–H groups in total. The van der Waals surface area contributed by atoms with E-state index in [0.717, 1.165) is 57.3 Å². The number of cyclic esters (lactones) is 1. The van der Waals surface area contributed by atoms with Gasteiger partial charge in [0, 0.05) is 53.3 Å². The fourth-order valence-corrected chi connectivity index (χ4v) is 18.4. The summed E-state index contributed by atoms with van der Waals surface area (Å²) in [5.41, 5.74) is -5.00. The fraction of sp³-hybridized carbons (Fsp3) is 0.691. The summed E-state index contributed by atoms with van der Waals surface area (Å²) in [6.45, 7) is 7.92. The van der Waals surface area contributed by atoms with E-state index >= 15 is 9.59 Å². The van der Waals surface area contributed by atoms with Crippen molar-refractivity contribution < 1.29 is 48.0 Å². The SMILES string of the molecule is CC1(C)OC2CC(=O)OCC23C1C(=O)C(O)C12C4CC(Cc5ccccc5)CCC4C#CCC4(c5ccoc5CC(CO)C5CCC6C(C=CN7CNCC67)C5)OC(=O)C5OC51C4(C)CCC32. The predicted molar refractivity (Wildman–Crippen MR) is 242 cm³/mol. The van der Waals surface area contributed by atoms with Gasteiger partial charge in [0.05, 0.1) is 43.4 Å². The molecule has 67 heavy (non-hydrogen) atoms. The molecule has 18 unspecified atom stereocenters. The summed E-state index contributed by atoms with van der Waals surface area (Å²) in [5, 5.41) is 28.5. The van der Waals surface area contributed by atoms with Crippen molar-refractivity contribution in [2.24, 2.45) is 69.5 Å². The Balaban J connectivity index is 0.950. The number of nitrogens with one attached hydrogen (secondary N) is 1. The molecule has 6 aliphatic heterocycles. The van der Waals surface area contributed by atoms with Crippen LogP contribution in [0.2, 0.25) is 0 Å². The quantitative estimate of drug-likeness (QED) is 0.173. The molecule has 13 rings (SSSR count). The molecule has 0 amide bonds. The molecule has 2 aromatic rings. The first-order valence-electron chi connectivity index (χ1n) is 25.6. The first-order valence-corrected chi connectivity index (χ1v) is 25.6. The number of Topliss-reactive ketones (excluding diaryl/α,β-unsaturated/α-hetero) is 1. The lowest BCUT2D eigenvalue weighted by atomic mass is 9.31. The number of furan rings is 1. The minimum atomic E-state index is -1.51. The molecule has 356 valence electrons. The van der Waals surface area contributed by atoms with Gasteiger partial charge in [-0.05, 0) is 131 Å². The first kappa shape index (κ1) is 43.1. The van der Waals surface area contributed by atoms with Crippen molar-refractivity contribution in [3.05, 3.63) is 71.8 Å². The second-order valence-corrected chi connectivity index (χ2v) is 23.7. The number of carbonyl (C=O) groups is 3. The number of benzene rings is 1. The number of esters is 2. The van der Waals surface area contributed by atoms with Crippen molar-refractivity contribution in [3.8, 4) is 11.8 Å². The minimum absolute atomic E-state index is 0.00181. The van der Waals surface area contributed by atoms with Crippen molar-refractivity contribution in [1.82, 2.24) is 10.2 Å². The van der Waals surface area contributed by atoms with Crippen LogP contribution in [0.15, 0.2) is 59.4 Å². The lowest BCUT2D eigenvalue weighted by Crippen LogP contribution is -2.81. The summed E-state index contributed by atoms with van der Waals surface area (Å²) in [4.78, 5) is 46.7. The third-order valence-electron chi connectivity index (χ3n) is 20.9. The van der Waals surface area contributed by atoms with E-state index in [1.807, 2.05) is 26.0 Å². The Labute approximate surface area is 393 Å². The van der Waals surface area contributed by atoms with Crippen molar-refractivity contribution in [1.29, 1.82) is 0 Å². The Hall–Kier alpha value is -3.99. The number of allylic oxidation sites excluding steroid dienone is 1. The number of hydrogen-bond acceptors (Lipinski definition) is 12. The zero-order chi connectivity index (χ0) is 45.9. The molecule has 1 aromatic heterocycles. The van der Waals surface area contributed by atoms with Gasteiger partial charge in [-0.1, -0.05) is 55.2 Å². The fourth-order valence-electron chi connectivity index (χ4n) is 18.4. The molecule has 5 aliphatic carbocycles. The number of nitrogens with zero attached hydrogens (tertiary/aromatic N) is 1. The van der Waals surface area contributed by atoms with Crippen LogP contribution in [0.1, 0.15) is 102 Å². The largest absolute Gasteiger partial charge is 0.469 e. The molecule has 5 saturated heterocycles. The van der Waals surface area contributed by atoms with Gasteiger partial charge in [-0.25, -0.2) is 4.79 Å². The molecule has 7 heterocycles. The molecule has 0 radical (unpaired) electrons. The third kappa shape index (κ3) is 5.47. The van der Waals surface area contributed by atoms with Crippen molar-refractivity contribution >= 4 is 17.7 Å². The van der Waals surface area contributed by atoms with E-state index in [1.165, 1.54) is 5.56 Å². The number of ketones is 1. The predicted octanol–water partition coefficient (Wildman–Crippen LogP) is 5.87. The van der Waals surface area contributed by atoms with Crippen LogP contribution in [0, 0.1) is 81.3 Å². The number of epoxide rings is 1. The lowest BCUT2D eigenvalue weighted by molar-refractivity contribution is -0.295. The van der Waals surface area contributed by atoms with Crippen LogP contribution in [0.4, 0.5) is 0 Å². The van der Waals surface area contributed by atoms with E-state index in [2.05, 4.69) is 65.5 Å². The average molecular weight is 915 g/mol. The number of aliphatic hydroxyl groups is 2. The molecule has 3 spiro atoms. The lowest BCUT2D eigenvalue weighted by Gasteiger charge is -2.71. The highest BCUT2D eigenvalue weighted by molar-refractivity contribution is 5.92. The second-order valence-electron chi connectivity index (χ2n) is 23.7. The van der Waals surface area contributed by atoms with E-state index in [-0.39, 0.29) is 67.4 Å².